The summed E-state index contributed by atoms with van der Waals surface area (Å²) >= 11 is 0. The molecule has 31 heavy (non-hydrogen) atoms. The zero-order chi connectivity index (χ0) is 21.3. The molecule has 1 amide bonds. The van der Waals surface area contributed by atoms with Gasteiger partial charge in [0.05, 0.1) is 12.7 Å². The molecule has 5 rings (SSSR count). The molecule has 0 radical (unpaired) electrons. The smallest absolute Gasteiger partial charge is 0.249 e. The van der Waals surface area contributed by atoms with E-state index < -0.39 is 5.54 Å². The van der Waals surface area contributed by atoms with Crippen molar-refractivity contribution in [3.63, 3.8) is 0 Å². The van der Waals surface area contributed by atoms with Crippen molar-refractivity contribution in [2.24, 2.45) is 0 Å². The third kappa shape index (κ3) is 3.51. The molecule has 2 aliphatic heterocycles. The van der Waals surface area contributed by atoms with Crippen LogP contribution in [0.3, 0.4) is 0 Å². The van der Waals surface area contributed by atoms with Gasteiger partial charge in [-0.15, -0.1) is 0 Å². The van der Waals surface area contributed by atoms with Gasteiger partial charge in [0.15, 0.2) is 0 Å². The summed E-state index contributed by atoms with van der Waals surface area (Å²) in [5.41, 5.74) is 3.31. The molecule has 2 fully saturated rings. The van der Waals surface area contributed by atoms with Gasteiger partial charge in [-0.1, -0.05) is 78.9 Å². The Hall–Kier alpha value is -3.11. The summed E-state index contributed by atoms with van der Waals surface area (Å²) in [6.45, 7) is 2.43. The summed E-state index contributed by atoms with van der Waals surface area (Å²) in [7, 11) is 1.93. The van der Waals surface area contributed by atoms with E-state index in [0.717, 1.165) is 31.6 Å². The Morgan fingerprint density at radius 1 is 0.742 bits per heavy atom. The highest BCUT2D eigenvalue weighted by atomic mass is 16.2. The van der Waals surface area contributed by atoms with Crippen molar-refractivity contribution in [3.05, 3.63) is 102 Å². The molecule has 0 saturated carbocycles. The molecule has 0 unspecified atom stereocenters. The molecule has 0 atom stereocenters. The summed E-state index contributed by atoms with van der Waals surface area (Å²) in [5, 5.41) is 0. The van der Waals surface area contributed by atoms with Crippen molar-refractivity contribution in [2.75, 3.05) is 31.7 Å². The number of carbonyl (C=O) groups excluding carboxylic acids is 1. The van der Waals surface area contributed by atoms with Gasteiger partial charge < -0.3 is 9.80 Å². The van der Waals surface area contributed by atoms with Crippen molar-refractivity contribution in [1.82, 2.24) is 9.80 Å². The zero-order valence-corrected chi connectivity index (χ0v) is 18.0. The Bertz CT molecular complexity index is 975. The monoisotopic (exact) mass is 411 g/mol. The van der Waals surface area contributed by atoms with E-state index in [1.807, 2.05) is 18.0 Å². The summed E-state index contributed by atoms with van der Waals surface area (Å²) in [6, 6.07) is 32.1. The molecule has 1 spiro atoms. The quantitative estimate of drug-likeness (QED) is 0.630. The van der Waals surface area contributed by atoms with Crippen LogP contribution in [0.15, 0.2) is 91.0 Å². The van der Waals surface area contributed by atoms with Gasteiger partial charge in [-0.25, -0.2) is 0 Å². The highest BCUT2D eigenvalue weighted by Gasteiger charge is 2.53. The molecule has 0 bridgehead atoms. The molecule has 2 aliphatic rings. The Labute approximate surface area is 184 Å². The minimum Gasteiger partial charge on any atom is -0.339 e. The first-order chi connectivity index (χ1) is 15.2. The van der Waals surface area contributed by atoms with E-state index in [-0.39, 0.29) is 11.9 Å². The normalized spacial score (nSPS) is 18.8. The highest BCUT2D eigenvalue weighted by Crippen LogP contribution is 2.41. The molecule has 0 N–H and O–H groups in total. The number of hydrogen-bond acceptors (Lipinski definition) is 3. The molecule has 2 heterocycles. The molecule has 158 valence electrons. The highest BCUT2D eigenvalue weighted by molar-refractivity contribution is 5.93. The Morgan fingerprint density at radius 2 is 1.23 bits per heavy atom. The van der Waals surface area contributed by atoms with Gasteiger partial charge in [0.1, 0.15) is 5.54 Å². The third-order valence-electron chi connectivity index (χ3n) is 6.90. The number of piperidine rings is 1. The van der Waals surface area contributed by atoms with Crippen LogP contribution in [-0.2, 0) is 4.79 Å². The summed E-state index contributed by atoms with van der Waals surface area (Å²) in [6.07, 6.45) is 1.67. The summed E-state index contributed by atoms with van der Waals surface area (Å²) in [5.74, 6) is 0.256. The lowest BCUT2D eigenvalue weighted by Gasteiger charge is -2.45. The van der Waals surface area contributed by atoms with Gasteiger partial charge in [-0.2, -0.15) is 0 Å². The SMILES string of the molecule is CN1CN(c2ccccc2)C2(CCN(C(c3ccccc3)c3ccccc3)CC2)C1=O. The van der Waals surface area contributed by atoms with E-state index in [0.29, 0.717) is 6.67 Å². The van der Waals surface area contributed by atoms with Crippen LogP contribution in [0.2, 0.25) is 0 Å². The number of rotatable bonds is 4. The van der Waals surface area contributed by atoms with E-state index in [2.05, 4.69) is 94.7 Å². The van der Waals surface area contributed by atoms with Crippen LogP contribution in [0.1, 0.15) is 30.0 Å². The number of hydrogen-bond donors (Lipinski definition) is 0. The number of likely N-dealkylation sites (tertiary alicyclic amines) is 1. The van der Waals surface area contributed by atoms with Gasteiger partial charge in [0.2, 0.25) is 5.91 Å². The van der Waals surface area contributed by atoms with E-state index in [1.165, 1.54) is 11.1 Å². The fourth-order valence-corrected chi connectivity index (χ4v) is 5.34. The molecular weight excluding hydrogens is 382 g/mol. The number of nitrogens with zero attached hydrogens (tertiary/aromatic N) is 3. The minimum absolute atomic E-state index is 0.208. The van der Waals surface area contributed by atoms with Gasteiger partial charge in [0.25, 0.3) is 0 Å². The first-order valence-corrected chi connectivity index (χ1v) is 11.1. The van der Waals surface area contributed by atoms with Crippen molar-refractivity contribution in [3.8, 4) is 0 Å². The average molecular weight is 412 g/mol. The van der Waals surface area contributed by atoms with E-state index in [4.69, 9.17) is 0 Å². The summed E-state index contributed by atoms with van der Waals surface area (Å²) in [4.78, 5) is 20.1. The topological polar surface area (TPSA) is 26.8 Å². The maximum absolute atomic E-state index is 13.3. The van der Waals surface area contributed by atoms with E-state index in [1.54, 1.807) is 0 Å². The lowest BCUT2D eigenvalue weighted by molar-refractivity contribution is -0.132. The van der Waals surface area contributed by atoms with Crippen LogP contribution in [0, 0.1) is 0 Å². The van der Waals surface area contributed by atoms with Gasteiger partial charge >= 0.3 is 0 Å². The maximum atomic E-state index is 13.3. The van der Waals surface area contributed by atoms with Crippen LogP contribution >= 0.6 is 0 Å². The Balaban J connectivity index is 1.44. The standard InChI is InChI=1S/C27H29N3O/c1-28-21-30(24-15-9-4-10-16-24)27(26(28)31)17-19-29(20-18-27)25(22-11-5-2-6-12-22)23-13-7-3-8-14-23/h2-16,25H,17-21H2,1H3. The van der Waals surface area contributed by atoms with Crippen molar-refractivity contribution >= 4 is 11.6 Å². The second kappa shape index (κ2) is 8.20. The third-order valence-corrected chi connectivity index (χ3v) is 6.90. The Morgan fingerprint density at radius 3 is 1.74 bits per heavy atom. The predicted octanol–water partition coefficient (Wildman–Crippen LogP) is 4.55. The number of carbonyl (C=O) groups is 1. The van der Waals surface area contributed by atoms with Gasteiger partial charge in [-0.3, -0.25) is 9.69 Å². The molecule has 4 heteroatoms. The van der Waals surface area contributed by atoms with Crippen LogP contribution < -0.4 is 4.90 Å². The molecule has 3 aromatic rings. The van der Waals surface area contributed by atoms with Crippen LogP contribution in [0.4, 0.5) is 5.69 Å². The van der Waals surface area contributed by atoms with Gasteiger partial charge in [0, 0.05) is 25.8 Å². The van der Waals surface area contributed by atoms with E-state index in [9.17, 15) is 4.79 Å². The summed E-state index contributed by atoms with van der Waals surface area (Å²) < 4.78 is 0. The number of para-hydroxylation sites is 1. The van der Waals surface area contributed by atoms with E-state index >= 15 is 0 Å². The average Bonchev–Trinajstić information content (AvgIpc) is 3.07. The fourth-order valence-electron chi connectivity index (χ4n) is 5.34. The number of benzene rings is 3. The first-order valence-electron chi connectivity index (χ1n) is 11.1. The number of likely N-dealkylation sites (N-methyl/N-ethyl adjacent to an activating group) is 1. The van der Waals surface area contributed by atoms with Crippen molar-refractivity contribution < 1.29 is 4.79 Å². The predicted molar refractivity (Wildman–Crippen MR) is 125 cm³/mol. The lowest BCUT2D eigenvalue weighted by Crippen LogP contribution is -2.56. The molecular formula is C27H29N3O. The molecule has 2 saturated heterocycles. The van der Waals surface area contributed by atoms with Crippen LogP contribution in [-0.4, -0.2) is 48.1 Å². The Kier molecular flexibility index (Phi) is 5.24. The molecule has 0 aromatic heterocycles. The van der Waals surface area contributed by atoms with Crippen LogP contribution in [0.25, 0.3) is 0 Å². The maximum Gasteiger partial charge on any atom is 0.249 e. The second-order valence-electron chi connectivity index (χ2n) is 8.70. The molecule has 0 aliphatic carbocycles. The lowest BCUT2D eigenvalue weighted by atomic mass is 9.83. The fraction of sp³-hybridized carbons (Fsp3) is 0.296. The van der Waals surface area contributed by atoms with Crippen molar-refractivity contribution in [1.29, 1.82) is 0 Å². The number of anilines is 1. The largest absolute Gasteiger partial charge is 0.339 e. The van der Waals surface area contributed by atoms with Gasteiger partial charge in [-0.05, 0) is 36.1 Å². The van der Waals surface area contributed by atoms with Crippen LogP contribution in [0.5, 0.6) is 0 Å². The second-order valence-corrected chi connectivity index (χ2v) is 8.70. The molecule has 3 aromatic carbocycles. The first kappa shape index (κ1) is 19.8. The van der Waals surface area contributed by atoms with Crippen molar-refractivity contribution in [2.45, 2.75) is 24.4 Å². The molecule has 4 nitrogen and oxygen atoms in total. The zero-order valence-electron chi connectivity index (χ0n) is 18.0. The number of amides is 1. The minimum atomic E-state index is -0.440.